The molecular weight excluding hydrogens is 250 g/mol. The quantitative estimate of drug-likeness (QED) is 0.759. The summed E-state index contributed by atoms with van der Waals surface area (Å²) in [6.07, 6.45) is 0. The largest absolute Gasteiger partial charge is 0.464 e. The molecule has 1 saturated heterocycles. The lowest BCUT2D eigenvalue weighted by molar-refractivity contribution is 0.0594. The number of nitrogens with zero attached hydrogens (tertiary/aromatic N) is 3. The van der Waals surface area contributed by atoms with Crippen LogP contribution >= 0.6 is 11.3 Å². The zero-order valence-corrected chi connectivity index (χ0v) is 12.1. The number of methoxy groups -OCH3 is 1. The Labute approximate surface area is 111 Å². The van der Waals surface area contributed by atoms with Gasteiger partial charge in [-0.25, -0.2) is 9.78 Å². The van der Waals surface area contributed by atoms with Crippen molar-refractivity contribution < 1.29 is 9.53 Å². The molecule has 1 aliphatic heterocycles. The molecule has 0 radical (unpaired) electrons. The fourth-order valence-corrected chi connectivity index (χ4v) is 2.96. The van der Waals surface area contributed by atoms with Crippen LogP contribution in [-0.4, -0.2) is 55.7 Å². The van der Waals surface area contributed by atoms with E-state index in [9.17, 15) is 4.79 Å². The van der Waals surface area contributed by atoms with Gasteiger partial charge in [-0.05, 0) is 20.9 Å². The Kier molecular flexibility index (Phi) is 3.87. The molecule has 1 aromatic rings. The Bertz CT molecular complexity index is 447. The van der Waals surface area contributed by atoms with Gasteiger partial charge in [-0.2, -0.15) is 0 Å². The number of esters is 1. The van der Waals surface area contributed by atoms with Gasteiger partial charge >= 0.3 is 5.97 Å². The maximum Gasteiger partial charge on any atom is 0.357 e. The first-order valence-electron chi connectivity index (χ1n) is 6.04. The predicted octanol–water partition coefficient (Wildman–Crippen LogP) is 1.38. The van der Waals surface area contributed by atoms with E-state index in [4.69, 9.17) is 4.74 Å². The third kappa shape index (κ3) is 2.49. The van der Waals surface area contributed by atoms with Crippen molar-refractivity contribution in [2.24, 2.45) is 0 Å². The molecule has 1 atom stereocenters. The fraction of sp³-hybridized carbons (Fsp3) is 0.667. The Hall–Kier alpha value is -1.14. The number of likely N-dealkylation sites (N-methyl/N-ethyl adjacent to an activating group) is 1. The molecule has 0 aliphatic carbocycles. The van der Waals surface area contributed by atoms with Crippen molar-refractivity contribution in [3.63, 3.8) is 0 Å². The molecule has 100 valence electrons. The van der Waals surface area contributed by atoms with E-state index in [2.05, 4.69) is 28.8 Å². The van der Waals surface area contributed by atoms with Gasteiger partial charge in [0, 0.05) is 30.6 Å². The highest BCUT2D eigenvalue weighted by molar-refractivity contribution is 7.15. The number of anilines is 1. The lowest BCUT2D eigenvalue weighted by Crippen LogP contribution is -2.50. The number of carbonyl (C=O) groups excluding carboxylic acids is 1. The van der Waals surface area contributed by atoms with Gasteiger partial charge in [0.15, 0.2) is 10.8 Å². The lowest BCUT2D eigenvalue weighted by atomic mass is 10.2. The third-order valence-electron chi connectivity index (χ3n) is 3.39. The van der Waals surface area contributed by atoms with E-state index in [1.165, 1.54) is 7.11 Å². The van der Waals surface area contributed by atoms with Gasteiger partial charge in [-0.3, -0.25) is 0 Å². The maximum atomic E-state index is 11.5. The van der Waals surface area contributed by atoms with Crippen LogP contribution in [0.25, 0.3) is 0 Å². The van der Waals surface area contributed by atoms with Crippen molar-refractivity contribution in [3.05, 3.63) is 10.6 Å². The molecule has 1 fully saturated rings. The molecule has 1 aromatic heterocycles. The number of hydrogen-bond donors (Lipinski definition) is 0. The highest BCUT2D eigenvalue weighted by Crippen LogP contribution is 2.27. The van der Waals surface area contributed by atoms with E-state index >= 15 is 0 Å². The van der Waals surface area contributed by atoms with Crippen molar-refractivity contribution >= 4 is 22.4 Å². The lowest BCUT2D eigenvalue weighted by Gasteiger charge is -2.37. The van der Waals surface area contributed by atoms with Gasteiger partial charge in [0.25, 0.3) is 0 Å². The number of piperazine rings is 1. The fourth-order valence-electron chi connectivity index (χ4n) is 2.03. The van der Waals surface area contributed by atoms with Crippen molar-refractivity contribution in [1.29, 1.82) is 0 Å². The van der Waals surface area contributed by atoms with E-state index < -0.39 is 0 Å². The monoisotopic (exact) mass is 269 g/mol. The number of hydrogen-bond acceptors (Lipinski definition) is 6. The topological polar surface area (TPSA) is 45.7 Å². The van der Waals surface area contributed by atoms with E-state index in [0.29, 0.717) is 11.7 Å². The summed E-state index contributed by atoms with van der Waals surface area (Å²) in [5, 5.41) is 0.924. The summed E-state index contributed by atoms with van der Waals surface area (Å²) >= 11 is 1.56. The number of ether oxygens (including phenoxy) is 1. The first kappa shape index (κ1) is 13.3. The third-order valence-corrected chi connectivity index (χ3v) is 4.43. The molecule has 0 bridgehead atoms. The molecule has 0 amide bonds. The van der Waals surface area contributed by atoms with Gasteiger partial charge in [0.1, 0.15) is 0 Å². The molecule has 2 heterocycles. The highest BCUT2D eigenvalue weighted by atomic mass is 32.1. The summed E-state index contributed by atoms with van der Waals surface area (Å²) < 4.78 is 4.73. The summed E-state index contributed by atoms with van der Waals surface area (Å²) in [6, 6.07) is 0.504. The molecule has 5 nitrogen and oxygen atoms in total. The number of thiazole rings is 1. The average molecular weight is 269 g/mol. The van der Waals surface area contributed by atoms with E-state index in [0.717, 1.165) is 29.6 Å². The molecule has 0 N–H and O–H groups in total. The maximum absolute atomic E-state index is 11.5. The normalized spacial score (nSPS) is 21.1. The van der Waals surface area contributed by atoms with Gasteiger partial charge < -0.3 is 14.5 Å². The molecule has 2 rings (SSSR count). The Balaban J connectivity index is 2.17. The first-order chi connectivity index (χ1) is 8.52. The standard InChI is InChI=1S/C12H19N3O2S/c1-8-7-15(6-5-14(8)3)12-13-10(9(2)18-12)11(16)17-4/h8H,5-7H2,1-4H3. The van der Waals surface area contributed by atoms with Crippen molar-refractivity contribution in [3.8, 4) is 0 Å². The number of aryl methyl sites for hydroxylation is 1. The van der Waals surface area contributed by atoms with Crippen molar-refractivity contribution in [2.75, 3.05) is 38.7 Å². The number of aromatic nitrogens is 1. The zero-order chi connectivity index (χ0) is 13.3. The van der Waals surface area contributed by atoms with Crippen LogP contribution in [0.2, 0.25) is 0 Å². The second-order valence-electron chi connectivity index (χ2n) is 4.67. The summed E-state index contributed by atoms with van der Waals surface area (Å²) in [6.45, 7) is 7.03. The Morgan fingerprint density at radius 1 is 1.50 bits per heavy atom. The molecule has 1 unspecified atom stereocenters. The van der Waals surface area contributed by atoms with E-state index in [1.807, 2.05) is 6.92 Å². The second kappa shape index (κ2) is 5.24. The minimum atomic E-state index is -0.350. The summed E-state index contributed by atoms with van der Waals surface area (Å²) in [5.74, 6) is -0.350. The van der Waals surface area contributed by atoms with Gasteiger partial charge in [-0.1, -0.05) is 0 Å². The molecule has 0 spiro atoms. The van der Waals surface area contributed by atoms with Crippen LogP contribution in [0.15, 0.2) is 0 Å². The second-order valence-corrected chi connectivity index (χ2v) is 5.85. The minimum absolute atomic E-state index is 0.350. The van der Waals surface area contributed by atoms with Gasteiger partial charge in [-0.15, -0.1) is 11.3 Å². The van der Waals surface area contributed by atoms with Crippen LogP contribution in [-0.2, 0) is 4.74 Å². The molecule has 1 aliphatic rings. The van der Waals surface area contributed by atoms with E-state index in [-0.39, 0.29) is 5.97 Å². The SMILES string of the molecule is COC(=O)c1nc(N2CCN(C)C(C)C2)sc1C. The van der Waals surface area contributed by atoms with Crippen LogP contribution in [0, 0.1) is 6.92 Å². The Morgan fingerprint density at radius 2 is 2.22 bits per heavy atom. The van der Waals surface area contributed by atoms with Crippen LogP contribution < -0.4 is 4.90 Å². The van der Waals surface area contributed by atoms with Crippen molar-refractivity contribution in [1.82, 2.24) is 9.88 Å². The molecular formula is C12H19N3O2S. The Morgan fingerprint density at radius 3 is 2.83 bits per heavy atom. The number of carbonyl (C=O) groups is 1. The van der Waals surface area contributed by atoms with Crippen molar-refractivity contribution in [2.45, 2.75) is 19.9 Å². The minimum Gasteiger partial charge on any atom is -0.464 e. The molecule has 6 heteroatoms. The van der Waals surface area contributed by atoms with Gasteiger partial charge in [0.05, 0.1) is 7.11 Å². The smallest absolute Gasteiger partial charge is 0.357 e. The summed E-state index contributed by atoms with van der Waals surface area (Å²) in [7, 11) is 3.52. The van der Waals surface area contributed by atoms with Crippen LogP contribution in [0.3, 0.4) is 0 Å². The zero-order valence-electron chi connectivity index (χ0n) is 11.3. The summed E-state index contributed by atoms with van der Waals surface area (Å²) in [4.78, 5) is 21.5. The summed E-state index contributed by atoms with van der Waals surface area (Å²) in [5.41, 5.74) is 0.448. The van der Waals surface area contributed by atoms with Crippen LogP contribution in [0.5, 0.6) is 0 Å². The predicted molar refractivity (Wildman–Crippen MR) is 72.5 cm³/mol. The average Bonchev–Trinajstić information content (AvgIpc) is 2.74. The van der Waals surface area contributed by atoms with Crippen LogP contribution in [0.1, 0.15) is 22.3 Å². The number of rotatable bonds is 2. The molecule has 18 heavy (non-hydrogen) atoms. The van der Waals surface area contributed by atoms with Gasteiger partial charge in [0.2, 0.25) is 0 Å². The molecule has 0 aromatic carbocycles. The first-order valence-corrected chi connectivity index (χ1v) is 6.85. The van der Waals surface area contributed by atoms with E-state index in [1.54, 1.807) is 11.3 Å². The van der Waals surface area contributed by atoms with Crippen LogP contribution in [0.4, 0.5) is 5.13 Å². The highest BCUT2D eigenvalue weighted by Gasteiger charge is 2.25. The molecule has 0 saturated carbocycles.